The zero-order valence-electron chi connectivity index (χ0n) is 9.29. The number of rotatable bonds is 4. The number of nitrogens with one attached hydrogen (secondary N) is 1. The molecule has 2 heterocycles. The summed E-state index contributed by atoms with van der Waals surface area (Å²) < 4.78 is 6.69. The van der Waals surface area contributed by atoms with Crippen LogP contribution in [0, 0.1) is 0 Å². The van der Waals surface area contributed by atoms with Crippen molar-refractivity contribution < 1.29 is 4.74 Å². The molecule has 3 nitrogen and oxygen atoms in total. The lowest BCUT2D eigenvalue weighted by Gasteiger charge is -2.22. The fraction of sp³-hybridized carbons (Fsp3) is 0.583. The molecule has 1 saturated heterocycles. The van der Waals surface area contributed by atoms with Gasteiger partial charge in [-0.1, -0.05) is 0 Å². The highest BCUT2D eigenvalue weighted by Crippen LogP contribution is 2.19. The molecule has 0 amide bonds. The van der Waals surface area contributed by atoms with Crippen LogP contribution in [0.1, 0.15) is 25.7 Å². The number of anilines is 1. The first-order valence-corrected chi connectivity index (χ1v) is 6.61. The van der Waals surface area contributed by atoms with Gasteiger partial charge in [0.2, 0.25) is 0 Å². The summed E-state index contributed by atoms with van der Waals surface area (Å²) in [4.78, 5) is 4.26. The predicted molar refractivity (Wildman–Crippen MR) is 68.6 cm³/mol. The number of hydrogen-bond acceptors (Lipinski definition) is 3. The van der Waals surface area contributed by atoms with Crippen molar-refractivity contribution in [3.8, 4) is 0 Å². The van der Waals surface area contributed by atoms with Crippen LogP contribution in [0.2, 0.25) is 0 Å². The van der Waals surface area contributed by atoms with Crippen molar-refractivity contribution in [2.45, 2.75) is 31.8 Å². The lowest BCUT2D eigenvalue weighted by molar-refractivity contribution is 0.0134. The fourth-order valence-electron chi connectivity index (χ4n) is 1.90. The standard InChI is InChI=1S/C12H17BrN2O/c13-11-5-3-7-14-12(11)15-8-6-10-4-1-2-9-16-10/h3,5,7,10H,1-2,4,6,8-9H2,(H,14,15). The Morgan fingerprint density at radius 3 is 3.19 bits per heavy atom. The summed E-state index contributed by atoms with van der Waals surface area (Å²) in [6.07, 6.45) is 7.01. The van der Waals surface area contributed by atoms with Crippen molar-refractivity contribution in [2.75, 3.05) is 18.5 Å². The van der Waals surface area contributed by atoms with Crippen LogP contribution < -0.4 is 5.32 Å². The van der Waals surface area contributed by atoms with Gasteiger partial charge in [0.15, 0.2) is 0 Å². The summed E-state index contributed by atoms with van der Waals surface area (Å²) in [6.45, 7) is 1.85. The molecule has 1 fully saturated rings. The van der Waals surface area contributed by atoms with E-state index in [1.54, 1.807) is 6.20 Å². The second kappa shape index (κ2) is 6.21. The Kier molecular flexibility index (Phi) is 4.60. The van der Waals surface area contributed by atoms with Crippen molar-refractivity contribution in [1.29, 1.82) is 0 Å². The lowest BCUT2D eigenvalue weighted by atomic mass is 10.1. The van der Waals surface area contributed by atoms with E-state index < -0.39 is 0 Å². The highest BCUT2D eigenvalue weighted by atomic mass is 79.9. The van der Waals surface area contributed by atoms with Crippen LogP contribution in [0.4, 0.5) is 5.82 Å². The van der Waals surface area contributed by atoms with Crippen LogP contribution in [0.25, 0.3) is 0 Å². The van der Waals surface area contributed by atoms with Gasteiger partial charge < -0.3 is 10.1 Å². The Morgan fingerprint density at radius 2 is 2.44 bits per heavy atom. The second-order valence-corrected chi connectivity index (χ2v) is 4.89. The van der Waals surface area contributed by atoms with E-state index in [4.69, 9.17) is 4.74 Å². The van der Waals surface area contributed by atoms with Crippen LogP contribution in [-0.4, -0.2) is 24.2 Å². The third-order valence-corrected chi connectivity index (χ3v) is 3.43. The molecular weight excluding hydrogens is 268 g/mol. The first-order chi connectivity index (χ1) is 7.86. The van der Waals surface area contributed by atoms with Crippen LogP contribution in [0.5, 0.6) is 0 Å². The molecule has 2 rings (SSSR count). The molecule has 4 heteroatoms. The Balaban J connectivity index is 1.73. The number of hydrogen-bond donors (Lipinski definition) is 1. The van der Waals surface area contributed by atoms with Crippen LogP contribution in [0.3, 0.4) is 0 Å². The van der Waals surface area contributed by atoms with E-state index >= 15 is 0 Å². The van der Waals surface area contributed by atoms with Gasteiger partial charge in [0.05, 0.1) is 10.6 Å². The van der Waals surface area contributed by atoms with Crippen LogP contribution in [-0.2, 0) is 4.74 Å². The third kappa shape index (κ3) is 3.46. The molecule has 0 aliphatic carbocycles. The molecule has 1 aromatic heterocycles. The van der Waals surface area contributed by atoms with Gasteiger partial charge in [-0.3, -0.25) is 0 Å². The number of pyridine rings is 1. The van der Waals surface area contributed by atoms with Gasteiger partial charge in [0.25, 0.3) is 0 Å². The zero-order valence-corrected chi connectivity index (χ0v) is 10.9. The molecule has 88 valence electrons. The van der Waals surface area contributed by atoms with E-state index in [0.29, 0.717) is 6.10 Å². The Labute approximate surface area is 105 Å². The lowest BCUT2D eigenvalue weighted by Crippen LogP contribution is -2.22. The molecule has 0 aromatic carbocycles. The van der Waals surface area contributed by atoms with Crippen molar-refractivity contribution in [3.05, 3.63) is 22.8 Å². The minimum Gasteiger partial charge on any atom is -0.378 e. The first-order valence-electron chi connectivity index (χ1n) is 5.82. The number of ether oxygens (including phenoxy) is 1. The Morgan fingerprint density at radius 1 is 1.50 bits per heavy atom. The molecule has 0 radical (unpaired) electrons. The van der Waals surface area contributed by atoms with E-state index in [-0.39, 0.29) is 0 Å². The highest BCUT2D eigenvalue weighted by Gasteiger charge is 2.13. The van der Waals surface area contributed by atoms with Gasteiger partial charge in [-0.15, -0.1) is 0 Å². The third-order valence-electron chi connectivity index (χ3n) is 2.79. The largest absolute Gasteiger partial charge is 0.378 e. The smallest absolute Gasteiger partial charge is 0.140 e. The topological polar surface area (TPSA) is 34.2 Å². The fourth-order valence-corrected chi connectivity index (χ4v) is 2.30. The molecule has 1 atom stereocenters. The van der Waals surface area contributed by atoms with E-state index in [0.717, 1.165) is 29.9 Å². The van der Waals surface area contributed by atoms with Gasteiger partial charge in [0, 0.05) is 19.3 Å². The van der Waals surface area contributed by atoms with Gasteiger partial charge in [-0.05, 0) is 53.7 Å². The molecule has 1 aliphatic heterocycles. The quantitative estimate of drug-likeness (QED) is 0.922. The highest BCUT2D eigenvalue weighted by molar-refractivity contribution is 9.10. The summed E-state index contributed by atoms with van der Waals surface area (Å²) in [6, 6.07) is 3.91. The molecule has 0 saturated carbocycles. The van der Waals surface area contributed by atoms with E-state index in [1.807, 2.05) is 12.1 Å². The number of nitrogens with zero attached hydrogens (tertiary/aromatic N) is 1. The molecule has 1 unspecified atom stereocenters. The van der Waals surface area contributed by atoms with Crippen LogP contribution in [0.15, 0.2) is 22.8 Å². The SMILES string of the molecule is Brc1cccnc1NCCC1CCCCO1. The van der Waals surface area contributed by atoms with Gasteiger partial charge in [0.1, 0.15) is 5.82 Å². The van der Waals surface area contributed by atoms with E-state index in [9.17, 15) is 0 Å². The zero-order chi connectivity index (χ0) is 11.2. The summed E-state index contributed by atoms with van der Waals surface area (Å²) >= 11 is 3.47. The molecule has 16 heavy (non-hydrogen) atoms. The van der Waals surface area contributed by atoms with Crippen molar-refractivity contribution in [2.24, 2.45) is 0 Å². The summed E-state index contributed by atoms with van der Waals surface area (Å²) in [5.41, 5.74) is 0. The molecule has 1 aliphatic rings. The average Bonchev–Trinajstić information content (AvgIpc) is 2.33. The van der Waals surface area contributed by atoms with Crippen molar-refractivity contribution in [1.82, 2.24) is 4.98 Å². The maximum absolute atomic E-state index is 5.67. The molecular formula is C12H17BrN2O. The van der Waals surface area contributed by atoms with Gasteiger partial charge >= 0.3 is 0 Å². The summed E-state index contributed by atoms with van der Waals surface area (Å²) in [7, 11) is 0. The Bertz CT molecular complexity index is 327. The summed E-state index contributed by atoms with van der Waals surface area (Å²) in [5, 5.41) is 3.32. The second-order valence-electron chi connectivity index (χ2n) is 4.04. The Hall–Kier alpha value is -0.610. The minimum absolute atomic E-state index is 0.434. The minimum atomic E-state index is 0.434. The normalized spacial score (nSPS) is 20.7. The first kappa shape index (κ1) is 11.9. The monoisotopic (exact) mass is 284 g/mol. The maximum atomic E-state index is 5.67. The maximum Gasteiger partial charge on any atom is 0.140 e. The summed E-state index contributed by atoms with van der Waals surface area (Å²) in [5.74, 6) is 0.915. The van der Waals surface area contributed by atoms with Gasteiger partial charge in [-0.25, -0.2) is 4.98 Å². The average molecular weight is 285 g/mol. The molecule has 1 aromatic rings. The van der Waals surface area contributed by atoms with Crippen molar-refractivity contribution in [3.63, 3.8) is 0 Å². The van der Waals surface area contributed by atoms with Gasteiger partial charge in [-0.2, -0.15) is 0 Å². The van der Waals surface area contributed by atoms with E-state index in [2.05, 4.69) is 26.2 Å². The van der Waals surface area contributed by atoms with Crippen LogP contribution >= 0.6 is 15.9 Å². The molecule has 1 N–H and O–H groups in total. The number of aromatic nitrogens is 1. The van der Waals surface area contributed by atoms with E-state index in [1.165, 1.54) is 19.3 Å². The molecule has 0 bridgehead atoms. The van der Waals surface area contributed by atoms with Crippen molar-refractivity contribution >= 4 is 21.7 Å². The predicted octanol–water partition coefficient (Wildman–Crippen LogP) is 3.22. The number of halogens is 1. The molecule has 0 spiro atoms.